The average molecular weight is 403 g/mol. The Labute approximate surface area is 175 Å². The van der Waals surface area contributed by atoms with E-state index in [2.05, 4.69) is 45.0 Å². The number of fused-ring (bicyclic) bond motifs is 4. The number of pyridine rings is 2. The van der Waals surface area contributed by atoms with E-state index in [0.717, 1.165) is 56.0 Å². The molecule has 0 spiro atoms. The van der Waals surface area contributed by atoms with Gasteiger partial charge < -0.3 is 10.3 Å². The fraction of sp³-hybridized carbons (Fsp3) is 0.391. The van der Waals surface area contributed by atoms with Gasteiger partial charge in [0.25, 0.3) is 5.56 Å². The van der Waals surface area contributed by atoms with Crippen molar-refractivity contribution in [2.24, 2.45) is 5.92 Å². The van der Waals surface area contributed by atoms with Gasteiger partial charge in [-0.15, -0.1) is 0 Å². The standard InChI is InChI=1S/C23H26N6O/c1-2-15-3-4-19(25-9-15)13-28-10-16-5-18(12-28)21-6-17(7-23(30)29(21)11-16)20-8-22(24)27-14-26-20/h3-4,6-9,14,16,18H,2,5,10-13H2,1H3,(H2,24,26,27)/t16-,18+/m0/s1. The Hall–Kier alpha value is -3.06. The number of likely N-dealkylation sites (tertiary alicyclic amines) is 1. The lowest BCUT2D eigenvalue weighted by molar-refractivity contribution is 0.113. The Balaban J connectivity index is 1.42. The summed E-state index contributed by atoms with van der Waals surface area (Å²) in [7, 11) is 0. The second-order valence-electron chi connectivity index (χ2n) is 8.45. The third kappa shape index (κ3) is 3.61. The molecule has 154 valence electrons. The zero-order valence-corrected chi connectivity index (χ0v) is 17.2. The number of piperidine rings is 1. The fourth-order valence-corrected chi connectivity index (χ4v) is 4.85. The molecule has 0 amide bonds. The summed E-state index contributed by atoms with van der Waals surface area (Å²) in [6.45, 7) is 5.71. The second kappa shape index (κ2) is 7.65. The molecule has 7 nitrogen and oxygen atoms in total. The topological polar surface area (TPSA) is 89.9 Å². The van der Waals surface area contributed by atoms with Crippen LogP contribution in [-0.2, 0) is 19.5 Å². The molecule has 1 saturated heterocycles. The Kier molecular flexibility index (Phi) is 4.83. The molecule has 2 N–H and O–H groups in total. The van der Waals surface area contributed by atoms with Crippen LogP contribution in [0.1, 0.15) is 36.2 Å². The molecule has 3 aromatic heterocycles. The first-order valence-electron chi connectivity index (χ1n) is 10.6. The molecule has 7 heteroatoms. The zero-order valence-electron chi connectivity index (χ0n) is 17.2. The maximum Gasteiger partial charge on any atom is 0.251 e. The van der Waals surface area contributed by atoms with Crippen molar-refractivity contribution in [3.63, 3.8) is 0 Å². The van der Waals surface area contributed by atoms with Crippen LogP contribution >= 0.6 is 0 Å². The number of hydrogen-bond acceptors (Lipinski definition) is 6. The van der Waals surface area contributed by atoms with E-state index in [-0.39, 0.29) is 5.56 Å². The summed E-state index contributed by atoms with van der Waals surface area (Å²) in [5.41, 5.74) is 10.8. The summed E-state index contributed by atoms with van der Waals surface area (Å²) < 4.78 is 1.96. The summed E-state index contributed by atoms with van der Waals surface area (Å²) >= 11 is 0. The van der Waals surface area contributed by atoms with E-state index in [1.807, 2.05) is 10.8 Å². The highest BCUT2D eigenvalue weighted by atomic mass is 16.1. The lowest BCUT2D eigenvalue weighted by Gasteiger charge is -2.42. The van der Waals surface area contributed by atoms with Crippen LogP contribution in [0.4, 0.5) is 5.82 Å². The molecule has 0 aromatic carbocycles. The largest absolute Gasteiger partial charge is 0.384 e. The zero-order chi connectivity index (χ0) is 20.7. The van der Waals surface area contributed by atoms with Crippen molar-refractivity contribution < 1.29 is 0 Å². The van der Waals surface area contributed by atoms with E-state index in [4.69, 9.17) is 5.73 Å². The second-order valence-corrected chi connectivity index (χ2v) is 8.45. The summed E-state index contributed by atoms with van der Waals surface area (Å²) in [6, 6.07) is 9.81. The summed E-state index contributed by atoms with van der Waals surface area (Å²) in [5.74, 6) is 1.23. The van der Waals surface area contributed by atoms with Crippen molar-refractivity contribution in [2.75, 3.05) is 18.8 Å². The SMILES string of the molecule is CCc1ccc(CN2C[C@@H]3C[C@H](C2)c2cc(-c4cc(N)ncn4)cc(=O)n2C3)nc1. The van der Waals surface area contributed by atoms with Crippen molar-refractivity contribution in [3.8, 4) is 11.3 Å². The molecule has 0 saturated carbocycles. The summed E-state index contributed by atoms with van der Waals surface area (Å²) in [5, 5.41) is 0. The number of rotatable bonds is 4. The van der Waals surface area contributed by atoms with Crippen LogP contribution in [0, 0.1) is 5.92 Å². The highest BCUT2D eigenvalue weighted by molar-refractivity contribution is 5.61. The molecule has 0 aliphatic carbocycles. The van der Waals surface area contributed by atoms with Crippen LogP contribution in [0.15, 0.2) is 47.7 Å². The van der Waals surface area contributed by atoms with Crippen LogP contribution in [0.3, 0.4) is 0 Å². The maximum atomic E-state index is 12.9. The molecule has 0 unspecified atom stereocenters. The first-order valence-corrected chi connectivity index (χ1v) is 10.6. The first-order chi connectivity index (χ1) is 14.6. The van der Waals surface area contributed by atoms with Crippen LogP contribution in [0.5, 0.6) is 0 Å². The van der Waals surface area contributed by atoms with Gasteiger partial charge in [-0.1, -0.05) is 13.0 Å². The number of hydrogen-bond donors (Lipinski definition) is 1. The third-order valence-electron chi connectivity index (χ3n) is 6.30. The van der Waals surface area contributed by atoms with Gasteiger partial charge in [0.2, 0.25) is 0 Å². The predicted octanol–water partition coefficient (Wildman–Crippen LogP) is 2.46. The lowest BCUT2D eigenvalue weighted by atomic mass is 9.82. The molecule has 2 atom stereocenters. The van der Waals surface area contributed by atoms with E-state index >= 15 is 0 Å². The third-order valence-corrected chi connectivity index (χ3v) is 6.30. The van der Waals surface area contributed by atoms with Gasteiger partial charge in [0.05, 0.1) is 11.4 Å². The number of aromatic nitrogens is 4. The van der Waals surface area contributed by atoms with Crippen LogP contribution in [0.25, 0.3) is 11.3 Å². The number of anilines is 1. The number of nitrogens with zero attached hydrogens (tertiary/aromatic N) is 5. The Morgan fingerprint density at radius 3 is 2.77 bits per heavy atom. The summed E-state index contributed by atoms with van der Waals surface area (Å²) in [6.07, 6.45) is 5.55. The van der Waals surface area contributed by atoms with E-state index in [9.17, 15) is 4.79 Å². The molecule has 2 bridgehead atoms. The lowest BCUT2D eigenvalue weighted by Crippen LogP contribution is -2.46. The van der Waals surface area contributed by atoms with Crippen LogP contribution < -0.4 is 11.3 Å². The maximum absolute atomic E-state index is 12.9. The normalized spacial score (nSPS) is 20.7. The van der Waals surface area contributed by atoms with Crippen molar-refractivity contribution in [1.82, 2.24) is 24.4 Å². The van der Waals surface area contributed by atoms with Gasteiger partial charge in [0.1, 0.15) is 12.1 Å². The minimum Gasteiger partial charge on any atom is -0.384 e. The van der Waals surface area contributed by atoms with Crippen molar-refractivity contribution in [1.29, 1.82) is 0 Å². The van der Waals surface area contributed by atoms with E-state index in [0.29, 0.717) is 23.3 Å². The van der Waals surface area contributed by atoms with E-state index in [1.54, 1.807) is 12.1 Å². The quantitative estimate of drug-likeness (QED) is 0.721. The average Bonchev–Trinajstić information content (AvgIpc) is 2.75. The van der Waals surface area contributed by atoms with Gasteiger partial charge in [-0.05, 0) is 36.5 Å². The number of nitrogen functional groups attached to an aromatic ring is 1. The van der Waals surface area contributed by atoms with E-state index < -0.39 is 0 Å². The van der Waals surface area contributed by atoms with Gasteiger partial charge in [-0.2, -0.15) is 0 Å². The minimum absolute atomic E-state index is 0.0413. The highest BCUT2D eigenvalue weighted by Gasteiger charge is 2.35. The van der Waals surface area contributed by atoms with E-state index in [1.165, 1.54) is 11.9 Å². The molecule has 30 heavy (non-hydrogen) atoms. The molecule has 2 aliphatic rings. The van der Waals surface area contributed by atoms with Crippen LogP contribution in [-0.4, -0.2) is 37.5 Å². The Bertz CT molecular complexity index is 1120. The minimum atomic E-state index is 0.0413. The van der Waals surface area contributed by atoms with Gasteiger partial charge in [0.15, 0.2) is 0 Å². The molecule has 5 heterocycles. The Morgan fingerprint density at radius 2 is 2.00 bits per heavy atom. The van der Waals surface area contributed by atoms with Gasteiger partial charge in [-0.3, -0.25) is 14.7 Å². The highest BCUT2D eigenvalue weighted by Crippen LogP contribution is 2.36. The first kappa shape index (κ1) is 18.9. The molecule has 2 aliphatic heterocycles. The predicted molar refractivity (Wildman–Crippen MR) is 116 cm³/mol. The fourth-order valence-electron chi connectivity index (χ4n) is 4.85. The Morgan fingerprint density at radius 1 is 1.10 bits per heavy atom. The van der Waals surface area contributed by atoms with Gasteiger partial charge in [-0.25, -0.2) is 9.97 Å². The molecule has 3 aromatic rings. The molecule has 5 rings (SSSR count). The monoisotopic (exact) mass is 402 g/mol. The summed E-state index contributed by atoms with van der Waals surface area (Å²) in [4.78, 5) is 28.3. The smallest absolute Gasteiger partial charge is 0.251 e. The molecule has 0 radical (unpaired) electrons. The van der Waals surface area contributed by atoms with Crippen molar-refractivity contribution in [3.05, 3.63) is 70.2 Å². The van der Waals surface area contributed by atoms with Gasteiger partial charge in [0, 0.05) is 61.7 Å². The van der Waals surface area contributed by atoms with Crippen molar-refractivity contribution >= 4 is 5.82 Å². The van der Waals surface area contributed by atoms with Crippen molar-refractivity contribution in [2.45, 2.75) is 38.8 Å². The molecular formula is C23H26N6O. The molecular weight excluding hydrogens is 376 g/mol. The number of nitrogens with two attached hydrogens (primary N) is 1. The van der Waals surface area contributed by atoms with Gasteiger partial charge >= 0.3 is 0 Å². The van der Waals surface area contributed by atoms with Crippen LogP contribution in [0.2, 0.25) is 0 Å². The number of aryl methyl sites for hydroxylation is 1. The molecule has 1 fully saturated rings.